The molecule has 2 rings (SSSR count). The minimum atomic E-state index is -0.214. The van der Waals surface area contributed by atoms with Crippen LogP contribution in [-0.4, -0.2) is 18.0 Å². The minimum Gasteiger partial charge on any atom is -0.352 e. The van der Waals surface area contributed by atoms with Crippen molar-refractivity contribution in [3.05, 3.63) is 51.7 Å². The summed E-state index contributed by atoms with van der Waals surface area (Å²) in [5, 5.41) is 7.30. The molecule has 2 N–H and O–H groups in total. The second-order valence-electron chi connectivity index (χ2n) is 4.22. The van der Waals surface area contributed by atoms with E-state index >= 15 is 0 Å². The maximum atomic E-state index is 13.5. The molecule has 2 aromatic rings. The van der Waals surface area contributed by atoms with Crippen LogP contribution in [0, 0.1) is 12.7 Å². The molecule has 0 saturated carbocycles. The van der Waals surface area contributed by atoms with Gasteiger partial charge in [-0.15, -0.1) is 35.3 Å². The van der Waals surface area contributed by atoms with Crippen LogP contribution >= 0.6 is 35.3 Å². The molecule has 0 saturated heterocycles. The highest BCUT2D eigenvalue weighted by atomic mass is 127. The molecule has 0 bridgehead atoms. The van der Waals surface area contributed by atoms with Gasteiger partial charge in [0.05, 0.1) is 11.6 Å². The highest BCUT2D eigenvalue weighted by molar-refractivity contribution is 14.0. The first-order valence-corrected chi connectivity index (χ1v) is 7.10. The predicted octanol–water partition coefficient (Wildman–Crippen LogP) is 3.07. The second-order valence-corrected chi connectivity index (χ2v) is 5.54. The average molecular weight is 420 g/mol. The number of nitrogens with zero attached hydrogens (tertiary/aromatic N) is 2. The first-order chi connectivity index (χ1) is 9.69. The smallest absolute Gasteiger partial charge is 0.191 e. The van der Waals surface area contributed by atoms with E-state index < -0.39 is 0 Å². The summed E-state index contributed by atoms with van der Waals surface area (Å²) in [6.45, 7) is 3.02. The zero-order valence-electron chi connectivity index (χ0n) is 11.9. The maximum absolute atomic E-state index is 13.5. The van der Waals surface area contributed by atoms with E-state index in [0.717, 1.165) is 9.88 Å². The number of aromatic nitrogens is 1. The lowest BCUT2D eigenvalue weighted by Crippen LogP contribution is -2.36. The Morgan fingerprint density at radius 3 is 2.62 bits per heavy atom. The van der Waals surface area contributed by atoms with E-state index in [2.05, 4.69) is 20.6 Å². The molecular formula is C14H18FIN4S. The third-order valence-electron chi connectivity index (χ3n) is 2.73. The highest BCUT2D eigenvalue weighted by Gasteiger charge is 2.03. The molecule has 0 unspecified atom stereocenters. The molecule has 0 aliphatic rings. The number of nitrogens with one attached hydrogen (secondary N) is 2. The second kappa shape index (κ2) is 8.93. The first-order valence-electron chi connectivity index (χ1n) is 6.28. The van der Waals surface area contributed by atoms with Gasteiger partial charge in [0.2, 0.25) is 0 Å². The summed E-state index contributed by atoms with van der Waals surface area (Å²) in [6, 6.07) is 6.70. The van der Waals surface area contributed by atoms with Crippen LogP contribution in [0.25, 0.3) is 0 Å². The first kappa shape index (κ1) is 17.8. The third-order valence-corrected chi connectivity index (χ3v) is 3.64. The summed E-state index contributed by atoms with van der Waals surface area (Å²) in [6.07, 6.45) is 1.84. The summed E-state index contributed by atoms with van der Waals surface area (Å²) < 4.78 is 13.5. The molecule has 0 spiro atoms. The molecule has 0 atom stereocenters. The molecule has 4 nitrogen and oxygen atoms in total. The number of hydrogen-bond donors (Lipinski definition) is 2. The Morgan fingerprint density at radius 2 is 2.00 bits per heavy atom. The average Bonchev–Trinajstić information content (AvgIpc) is 2.86. The van der Waals surface area contributed by atoms with Crippen LogP contribution in [0.5, 0.6) is 0 Å². The SMILES string of the molecule is CN=C(NCc1cnc(C)s1)NCc1ccccc1F.I. The van der Waals surface area contributed by atoms with Crippen molar-refractivity contribution in [1.82, 2.24) is 15.6 Å². The number of hydrogen-bond acceptors (Lipinski definition) is 3. The van der Waals surface area contributed by atoms with E-state index in [9.17, 15) is 4.39 Å². The van der Waals surface area contributed by atoms with Crippen molar-refractivity contribution in [2.45, 2.75) is 20.0 Å². The monoisotopic (exact) mass is 420 g/mol. The van der Waals surface area contributed by atoms with Gasteiger partial charge in [-0.25, -0.2) is 9.37 Å². The maximum Gasteiger partial charge on any atom is 0.191 e. The molecular weight excluding hydrogens is 402 g/mol. The zero-order chi connectivity index (χ0) is 14.4. The van der Waals surface area contributed by atoms with Crippen LogP contribution in [-0.2, 0) is 13.1 Å². The fourth-order valence-corrected chi connectivity index (χ4v) is 2.43. The van der Waals surface area contributed by atoms with Crippen LogP contribution in [0.2, 0.25) is 0 Å². The van der Waals surface area contributed by atoms with Crippen molar-refractivity contribution in [2.75, 3.05) is 7.05 Å². The molecule has 0 aliphatic heterocycles. The normalized spacial score (nSPS) is 10.9. The summed E-state index contributed by atoms with van der Waals surface area (Å²) in [4.78, 5) is 9.44. The molecule has 21 heavy (non-hydrogen) atoms. The number of aryl methyl sites for hydroxylation is 1. The molecule has 1 aromatic carbocycles. The summed E-state index contributed by atoms with van der Waals surface area (Å²) in [7, 11) is 1.69. The van der Waals surface area contributed by atoms with E-state index in [-0.39, 0.29) is 29.8 Å². The predicted molar refractivity (Wildman–Crippen MR) is 95.7 cm³/mol. The lowest BCUT2D eigenvalue weighted by atomic mass is 10.2. The summed E-state index contributed by atoms with van der Waals surface area (Å²) in [5.41, 5.74) is 0.615. The van der Waals surface area contributed by atoms with E-state index in [4.69, 9.17) is 0 Å². The van der Waals surface area contributed by atoms with Gasteiger partial charge >= 0.3 is 0 Å². The molecule has 1 aromatic heterocycles. The van der Waals surface area contributed by atoms with E-state index in [0.29, 0.717) is 24.6 Å². The van der Waals surface area contributed by atoms with E-state index in [1.54, 1.807) is 30.5 Å². The Hall–Kier alpha value is -1.22. The van der Waals surface area contributed by atoms with Gasteiger partial charge in [0.15, 0.2) is 5.96 Å². The molecule has 7 heteroatoms. The van der Waals surface area contributed by atoms with Crippen LogP contribution in [0.4, 0.5) is 4.39 Å². The number of halogens is 2. The highest BCUT2D eigenvalue weighted by Crippen LogP contribution is 2.10. The number of benzene rings is 1. The molecule has 0 aliphatic carbocycles. The van der Waals surface area contributed by atoms with Gasteiger partial charge in [0, 0.05) is 30.2 Å². The van der Waals surface area contributed by atoms with Crippen molar-refractivity contribution in [2.24, 2.45) is 4.99 Å². The van der Waals surface area contributed by atoms with Gasteiger partial charge in [0.25, 0.3) is 0 Å². The van der Waals surface area contributed by atoms with Crippen molar-refractivity contribution in [3.63, 3.8) is 0 Å². The van der Waals surface area contributed by atoms with Crippen LogP contribution < -0.4 is 10.6 Å². The fraction of sp³-hybridized carbons (Fsp3) is 0.286. The molecule has 1 heterocycles. The van der Waals surface area contributed by atoms with Crippen molar-refractivity contribution in [1.29, 1.82) is 0 Å². The lowest BCUT2D eigenvalue weighted by Gasteiger charge is -2.11. The Balaban J connectivity index is 0.00000220. The van der Waals surface area contributed by atoms with Gasteiger partial charge in [-0.3, -0.25) is 4.99 Å². The third kappa shape index (κ3) is 5.58. The van der Waals surface area contributed by atoms with Gasteiger partial charge in [-0.05, 0) is 13.0 Å². The van der Waals surface area contributed by atoms with Crippen molar-refractivity contribution < 1.29 is 4.39 Å². The summed E-state index contributed by atoms with van der Waals surface area (Å²) in [5.74, 6) is 0.424. The fourth-order valence-electron chi connectivity index (χ4n) is 1.70. The largest absolute Gasteiger partial charge is 0.352 e. The molecule has 0 radical (unpaired) electrons. The molecule has 0 amide bonds. The number of aliphatic imine (C=N–C) groups is 1. The van der Waals surface area contributed by atoms with Gasteiger partial charge in [0.1, 0.15) is 5.82 Å². The van der Waals surface area contributed by atoms with Crippen LogP contribution in [0.15, 0.2) is 35.5 Å². The zero-order valence-corrected chi connectivity index (χ0v) is 15.0. The van der Waals surface area contributed by atoms with Crippen LogP contribution in [0.1, 0.15) is 15.4 Å². The van der Waals surface area contributed by atoms with Crippen molar-refractivity contribution >= 4 is 41.3 Å². The molecule has 114 valence electrons. The standard InChI is InChI=1S/C14H17FN4S.HI/c1-10-17-8-12(20-10)9-19-14(16-2)18-7-11-5-3-4-6-13(11)15;/h3-6,8H,7,9H2,1-2H3,(H2,16,18,19);1H. The van der Waals surface area contributed by atoms with Gasteiger partial charge in [-0.2, -0.15) is 0 Å². The summed E-state index contributed by atoms with van der Waals surface area (Å²) >= 11 is 1.64. The Bertz CT molecular complexity index is 600. The number of rotatable bonds is 4. The number of thiazole rings is 1. The number of guanidine groups is 1. The Morgan fingerprint density at radius 1 is 1.29 bits per heavy atom. The van der Waals surface area contributed by atoms with Gasteiger partial charge in [-0.1, -0.05) is 18.2 Å². The van der Waals surface area contributed by atoms with Crippen LogP contribution in [0.3, 0.4) is 0 Å². The van der Waals surface area contributed by atoms with E-state index in [1.807, 2.05) is 19.2 Å². The molecule has 0 fully saturated rings. The minimum absolute atomic E-state index is 0. The Kier molecular flexibility index (Phi) is 7.58. The quantitative estimate of drug-likeness (QED) is 0.454. The van der Waals surface area contributed by atoms with E-state index in [1.165, 1.54) is 6.07 Å². The van der Waals surface area contributed by atoms with Gasteiger partial charge < -0.3 is 10.6 Å². The Labute approximate surface area is 144 Å². The topological polar surface area (TPSA) is 49.3 Å². The lowest BCUT2D eigenvalue weighted by molar-refractivity contribution is 0.604. The van der Waals surface area contributed by atoms with Crippen molar-refractivity contribution in [3.8, 4) is 0 Å².